The van der Waals surface area contributed by atoms with E-state index in [1.165, 1.54) is 25.1 Å². The van der Waals surface area contributed by atoms with Crippen molar-refractivity contribution < 1.29 is 27.4 Å². The number of aliphatic hydroxyl groups is 1. The van der Waals surface area contributed by atoms with Crippen LogP contribution in [0.3, 0.4) is 0 Å². The van der Waals surface area contributed by atoms with Gasteiger partial charge in [-0.15, -0.1) is 0 Å². The Hall–Kier alpha value is -2.76. The van der Waals surface area contributed by atoms with Crippen molar-refractivity contribution in [1.82, 2.24) is 0 Å². The first-order valence-electron chi connectivity index (χ1n) is 7.61. The second-order valence-corrected chi connectivity index (χ2v) is 8.09. The van der Waals surface area contributed by atoms with Crippen LogP contribution < -0.4 is 4.74 Å². The van der Waals surface area contributed by atoms with Crippen molar-refractivity contribution in [2.75, 3.05) is 6.26 Å². The smallest absolute Gasteiger partial charge is 0.176 e. The molecule has 0 bridgehead atoms. The third-order valence-corrected chi connectivity index (χ3v) is 5.36. The average Bonchev–Trinajstić information content (AvgIpc) is 2.79. The summed E-state index contributed by atoms with van der Waals surface area (Å²) < 4.78 is 43.2. The molecule has 3 rings (SSSR count). The molecule has 0 heterocycles. The first kappa shape index (κ1) is 18.0. The van der Waals surface area contributed by atoms with E-state index in [1.54, 1.807) is 6.07 Å². The van der Waals surface area contributed by atoms with Gasteiger partial charge in [0, 0.05) is 29.4 Å². The molecule has 0 amide bonds. The number of carbonyl (C=O) groups excluding carboxylic acids is 1. The van der Waals surface area contributed by atoms with Crippen molar-refractivity contribution in [3.63, 3.8) is 0 Å². The Labute approximate surface area is 149 Å². The minimum absolute atomic E-state index is 0.00458. The van der Waals surface area contributed by atoms with Crippen LogP contribution in [0, 0.1) is 23.1 Å². The van der Waals surface area contributed by atoms with Crippen LogP contribution in [-0.2, 0) is 9.84 Å². The SMILES string of the molecule is CC1C(=O)c2c(S(C)(=O)=O)ccc(Oc3cc(F)cc(C#N)c3)c2[C@@H]1O. The zero-order valence-electron chi connectivity index (χ0n) is 13.9. The van der Waals surface area contributed by atoms with Gasteiger partial charge in [0.05, 0.1) is 22.6 Å². The zero-order valence-corrected chi connectivity index (χ0v) is 14.7. The summed E-state index contributed by atoms with van der Waals surface area (Å²) in [6.45, 7) is 1.48. The maximum Gasteiger partial charge on any atom is 0.176 e. The van der Waals surface area contributed by atoms with Crippen LogP contribution in [0.5, 0.6) is 11.5 Å². The Morgan fingerprint density at radius 2 is 1.96 bits per heavy atom. The molecule has 0 saturated heterocycles. The number of nitriles is 1. The number of nitrogens with zero attached hydrogens (tertiary/aromatic N) is 1. The molecule has 2 atom stereocenters. The summed E-state index contributed by atoms with van der Waals surface area (Å²) in [5, 5.41) is 19.3. The van der Waals surface area contributed by atoms with Crippen molar-refractivity contribution >= 4 is 15.6 Å². The van der Waals surface area contributed by atoms with Crippen LogP contribution in [0.1, 0.15) is 34.5 Å². The van der Waals surface area contributed by atoms with Crippen molar-refractivity contribution in [1.29, 1.82) is 5.26 Å². The monoisotopic (exact) mass is 375 g/mol. The van der Waals surface area contributed by atoms with Crippen molar-refractivity contribution in [2.45, 2.75) is 17.9 Å². The number of hydrogen-bond acceptors (Lipinski definition) is 6. The number of fused-ring (bicyclic) bond motifs is 1. The molecule has 0 radical (unpaired) electrons. The minimum Gasteiger partial charge on any atom is -0.457 e. The predicted molar refractivity (Wildman–Crippen MR) is 89.2 cm³/mol. The van der Waals surface area contributed by atoms with E-state index >= 15 is 0 Å². The van der Waals surface area contributed by atoms with Gasteiger partial charge < -0.3 is 9.84 Å². The molecule has 0 spiro atoms. The minimum atomic E-state index is -3.71. The van der Waals surface area contributed by atoms with Crippen LogP contribution >= 0.6 is 0 Å². The van der Waals surface area contributed by atoms with Gasteiger partial charge in [-0.2, -0.15) is 5.26 Å². The molecule has 0 saturated carbocycles. The normalized spacial score (nSPS) is 19.1. The number of Topliss-reactive ketones (excluding diaryl/α,β-unsaturated/α-hetero) is 1. The first-order valence-corrected chi connectivity index (χ1v) is 9.50. The first-order chi connectivity index (χ1) is 12.1. The largest absolute Gasteiger partial charge is 0.457 e. The number of halogens is 1. The lowest BCUT2D eigenvalue weighted by Crippen LogP contribution is -2.10. The van der Waals surface area contributed by atoms with E-state index in [0.717, 1.165) is 18.4 Å². The average molecular weight is 375 g/mol. The van der Waals surface area contributed by atoms with Gasteiger partial charge in [-0.3, -0.25) is 4.79 Å². The van der Waals surface area contributed by atoms with Gasteiger partial charge in [0.2, 0.25) is 0 Å². The molecule has 1 aliphatic rings. The van der Waals surface area contributed by atoms with Gasteiger partial charge in [-0.25, -0.2) is 12.8 Å². The fraction of sp³-hybridized carbons (Fsp3) is 0.222. The van der Waals surface area contributed by atoms with Crippen molar-refractivity contribution in [3.8, 4) is 17.6 Å². The van der Waals surface area contributed by atoms with Crippen molar-refractivity contribution in [2.24, 2.45) is 5.92 Å². The highest BCUT2D eigenvalue weighted by molar-refractivity contribution is 7.90. The van der Waals surface area contributed by atoms with E-state index < -0.39 is 33.5 Å². The maximum atomic E-state index is 13.6. The topological polar surface area (TPSA) is 104 Å². The fourth-order valence-electron chi connectivity index (χ4n) is 2.96. The summed E-state index contributed by atoms with van der Waals surface area (Å²) in [6.07, 6.45) is -0.282. The molecule has 0 aliphatic heterocycles. The number of aliphatic hydroxyl groups excluding tert-OH is 1. The van der Waals surface area contributed by atoms with Gasteiger partial charge in [0.25, 0.3) is 0 Å². The Morgan fingerprint density at radius 1 is 1.27 bits per heavy atom. The van der Waals surface area contributed by atoms with Crippen LogP contribution in [0.25, 0.3) is 0 Å². The number of ketones is 1. The molecule has 6 nitrogen and oxygen atoms in total. The molecular weight excluding hydrogens is 361 g/mol. The van der Waals surface area contributed by atoms with Gasteiger partial charge in [0.15, 0.2) is 15.6 Å². The highest BCUT2D eigenvalue weighted by Gasteiger charge is 2.41. The molecule has 134 valence electrons. The van der Waals surface area contributed by atoms with E-state index in [-0.39, 0.29) is 33.1 Å². The van der Waals surface area contributed by atoms with E-state index in [4.69, 9.17) is 10.00 Å². The lowest BCUT2D eigenvalue weighted by molar-refractivity contribution is 0.0786. The Balaban J connectivity index is 2.19. The number of rotatable bonds is 3. The molecule has 1 N–H and O–H groups in total. The second-order valence-electron chi connectivity index (χ2n) is 6.11. The van der Waals surface area contributed by atoms with E-state index in [0.29, 0.717) is 0 Å². The third kappa shape index (κ3) is 2.96. The number of benzene rings is 2. The number of carbonyl (C=O) groups is 1. The molecule has 1 unspecified atom stereocenters. The lowest BCUT2D eigenvalue weighted by atomic mass is 10.1. The molecule has 1 aliphatic carbocycles. The van der Waals surface area contributed by atoms with E-state index in [2.05, 4.69) is 0 Å². The van der Waals surface area contributed by atoms with Gasteiger partial charge >= 0.3 is 0 Å². The second kappa shape index (κ2) is 6.20. The highest BCUT2D eigenvalue weighted by atomic mass is 32.2. The fourth-order valence-corrected chi connectivity index (χ4v) is 3.86. The standard InChI is InChI=1S/C18H14FNO5S/c1-9-17(21)15-13(25-12-6-10(8-20)5-11(19)7-12)3-4-14(26(2,23)24)16(15)18(9)22/h3-7,9,17,21H,1-2H3/t9?,17-/m1/s1. The number of hydrogen-bond donors (Lipinski definition) is 1. The maximum absolute atomic E-state index is 13.6. The van der Waals surface area contributed by atoms with Gasteiger partial charge in [-0.1, -0.05) is 6.92 Å². The molecule has 2 aromatic rings. The summed E-state index contributed by atoms with van der Waals surface area (Å²) in [5.41, 5.74) is -0.0236. The molecular formula is C18H14FNO5S. The molecule has 26 heavy (non-hydrogen) atoms. The van der Waals surface area contributed by atoms with Gasteiger partial charge in [0.1, 0.15) is 17.3 Å². The number of sulfone groups is 1. The lowest BCUT2D eigenvalue weighted by Gasteiger charge is -2.15. The van der Waals surface area contributed by atoms with Crippen LogP contribution in [0.2, 0.25) is 0 Å². The number of ether oxygens (including phenoxy) is 1. The van der Waals surface area contributed by atoms with E-state index in [9.17, 15) is 22.7 Å². The van der Waals surface area contributed by atoms with Gasteiger partial charge in [-0.05, 0) is 24.3 Å². The summed E-state index contributed by atoms with van der Waals surface area (Å²) in [4.78, 5) is 12.3. The Kier molecular flexibility index (Phi) is 4.30. The summed E-state index contributed by atoms with van der Waals surface area (Å²) in [7, 11) is -3.71. The van der Waals surface area contributed by atoms with Crippen molar-refractivity contribution in [3.05, 3.63) is 52.8 Å². The predicted octanol–water partition coefficient (Wildman–Crippen LogP) is 2.76. The van der Waals surface area contributed by atoms with Crippen LogP contribution in [0.4, 0.5) is 4.39 Å². The highest BCUT2D eigenvalue weighted by Crippen LogP contribution is 2.45. The van der Waals surface area contributed by atoms with Crippen LogP contribution in [-0.4, -0.2) is 25.6 Å². The Bertz CT molecular complexity index is 1070. The van der Waals surface area contributed by atoms with Crippen LogP contribution in [0.15, 0.2) is 35.2 Å². The zero-order chi connectivity index (χ0) is 19.2. The molecule has 0 aromatic heterocycles. The third-order valence-electron chi connectivity index (χ3n) is 4.22. The van der Waals surface area contributed by atoms with E-state index in [1.807, 2.05) is 0 Å². The quantitative estimate of drug-likeness (QED) is 0.884. The summed E-state index contributed by atoms with van der Waals surface area (Å²) in [5.74, 6) is -2.00. The summed E-state index contributed by atoms with van der Waals surface area (Å²) >= 11 is 0. The summed E-state index contributed by atoms with van der Waals surface area (Å²) in [6, 6.07) is 7.70. The Morgan fingerprint density at radius 3 is 2.58 bits per heavy atom. The molecule has 2 aromatic carbocycles. The molecule has 8 heteroatoms. The molecule has 0 fully saturated rings.